The van der Waals surface area contributed by atoms with Crippen LogP contribution in [0.25, 0.3) is 0 Å². The quantitative estimate of drug-likeness (QED) is 0.663. The van der Waals surface area contributed by atoms with Crippen LogP contribution in [0.3, 0.4) is 0 Å². The lowest BCUT2D eigenvalue weighted by molar-refractivity contribution is -0.161. The van der Waals surface area contributed by atoms with Crippen LogP contribution in [0.4, 0.5) is 0 Å². The molecule has 3 rings (SSSR count). The van der Waals surface area contributed by atoms with Gasteiger partial charge in [0.2, 0.25) is 5.91 Å². The molecule has 0 radical (unpaired) electrons. The summed E-state index contributed by atoms with van der Waals surface area (Å²) in [4.78, 5) is 25.1. The number of carbonyl (C=O) groups is 2. The molecule has 0 aromatic heterocycles. The fraction of sp³-hybridized carbons (Fsp3) is 0.625. The minimum atomic E-state index is -1.07. The van der Waals surface area contributed by atoms with Crippen molar-refractivity contribution in [2.75, 3.05) is 6.54 Å². The summed E-state index contributed by atoms with van der Waals surface area (Å²) in [6.07, 6.45) is 4.01. The maximum atomic E-state index is 12.1. The van der Waals surface area contributed by atoms with Crippen molar-refractivity contribution in [1.82, 2.24) is 10.2 Å². The fourth-order valence-corrected chi connectivity index (χ4v) is 3.88. The van der Waals surface area contributed by atoms with Crippen LogP contribution in [-0.2, 0) is 9.59 Å². The van der Waals surface area contributed by atoms with Gasteiger partial charge in [-0.1, -0.05) is 6.08 Å². The number of carboxylic acids is 1. The Bertz CT molecular complexity index is 573. The molecular formula is C16H22N2O4. The summed E-state index contributed by atoms with van der Waals surface area (Å²) >= 11 is 0. The van der Waals surface area contributed by atoms with Crippen LogP contribution in [0.1, 0.15) is 33.1 Å². The van der Waals surface area contributed by atoms with E-state index in [4.69, 9.17) is 0 Å². The Labute approximate surface area is 129 Å². The van der Waals surface area contributed by atoms with E-state index < -0.39 is 18.0 Å². The van der Waals surface area contributed by atoms with Crippen LogP contribution in [-0.4, -0.2) is 51.7 Å². The van der Waals surface area contributed by atoms with E-state index >= 15 is 0 Å². The first-order valence-electron chi connectivity index (χ1n) is 7.81. The number of carbonyl (C=O) groups excluding carboxylic acids is 1. The zero-order valence-corrected chi connectivity index (χ0v) is 12.9. The van der Waals surface area contributed by atoms with Crippen LogP contribution in [0.5, 0.6) is 0 Å². The highest BCUT2D eigenvalue weighted by molar-refractivity contribution is 6.00. The molecule has 2 saturated heterocycles. The van der Waals surface area contributed by atoms with Gasteiger partial charge in [-0.2, -0.15) is 0 Å². The van der Waals surface area contributed by atoms with Gasteiger partial charge < -0.3 is 20.4 Å². The molecular weight excluding hydrogens is 284 g/mol. The van der Waals surface area contributed by atoms with Gasteiger partial charge in [0.25, 0.3) is 0 Å². The molecule has 0 aromatic carbocycles. The molecule has 1 amide bonds. The number of fused-ring (bicyclic) bond motifs is 1. The van der Waals surface area contributed by atoms with Gasteiger partial charge in [-0.25, -0.2) is 4.79 Å². The Balaban J connectivity index is 1.89. The number of nitrogens with one attached hydrogen (secondary N) is 1. The smallest absolute Gasteiger partial charge is 0.352 e. The number of aliphatic carboxylic acids is 1. The predicted molar refractivity (Wildman–Crippen MR) is 79.9 cm³/mol. The van der Waals surface area contributed by atoms with Crippen molar-refractivity contribution in [1.29, 1.82) is 0 Å². The van der Waals surface area contributed by atoms with Crippen molar-refractivity contribution in [2.24, 2.45) is 5.92 Å². The SMILES string of the molecule is CC(=C[C@H]1CCCN1)C1=C(C(=O)O)N2C(=O)[C@H]([C@@H](C)O)[C@H]2C1. The van der Waals surface area contributed by atoms with Crippen molar-refractivity contribution in [2.45, 2.75) is 51.3 Å². The topological polar surface area (TPSA) is 89.9 Å². The summed E-state index contributed by atoms with van der Waals surface area (Å²) in [6.45, 7) is 4.48. The van der Waals surface area contributed by atoms with Crippen molar-refractivity contribution in [3.05, 3.63) is 22.9 Å². The van der Waals surface area contributed by atoms with E-state index in [1.807, 2.05) is 6.92 Å². The minimum absolute atomic E-state index is 0.0960. The third-order valence-electron chi connectivity index (χ3n) is 4.96. The summed E-state index contributed by atoms with van der Waals surface area (Å²) in [5.74, 6) is -1.83. The molecule has 0 saturated carbocycles. The highest BCUT2D eigenvalue weighted by Gasteiger charge is 2.56. The summed E-state index contributed by atoms with van der Waals surface area (Å²) in [5.41, 5.74) is 1.74. The lowest BCUT2D eigenvalue weighted by Gasteiger charge is -2.44. The molecule has 0 unspecified atom stereocenters. The molecule has 0 aliphatic carbocycles. The lowest BCUT2D eigenvalue weighted by Crippen LogP contribution is -2.61. The standard InChI is InChI=1S/C16H22N2O4/c1-8(6-10-4-3-5-17-10)11-7-12-13(9(2)19)15(20)18(12)14(11)16(21)22/h6,9-10,12-13,17,19H,3-5,7H2,1-2H3,(H,21,22)/t9-,10-,12-,13-/m1/s1. The average Bonchev–Trinajstić information content (AvgIpc) is 3.03. The number of hydrogen-bond acceptors (Lipinski definition) is 4. The molecule has 3 heterocycles. The van der Waals surface area contributed by atoms with Crippen molar-refractivity contribution in [3.8, 4) is 0 Å². The number of allylic oxidation sites excluding steroid dienone is 1. The van der Waals surface area contributed by atoms with E-state index in [1.54, 1.807) is 6.92 Å². The molecule has 2 fully saturated rings. The summed E-state index contributed by atoms with van der Waals surface area (Å²) in [5, 5.41) is 22.6. The number of aliphatic hydroxyl groups excluding tert-OH is 1. The van der Waals surface area contributed by atoms with E-state index in [2.05, 4.69) is 11.4 Å². The van der Waals surface area contributed by atoms with Crippen LogP contribution in [0, 0.1) is 5.92 Å². The Hall–Kier alpha value is -1.66. The number of rotatable bonds is 4. The maximum absolute atomic E-state index is 12.1. The van der Waals surface area contributed by atoms with E-state index in [1.165, 1.54) is 4.90 Å². The zero-order chi connectivity index (χ0) is 16.0. The van der Waals surface area contributed by atoms with Crippen molar-refractivity contribution >= 4 is 11.9 Å². The molecule has 0 bridgehead atoms. The number of β-lactam (4-membered cyclic amide) rings is 1. The van der Waals surface area contributed by atoms with E-state index in [0.29, 0.717) is 6.42 Å². The predicted octanol–water partition coefficient (Wildman–Crippen LogP) is 0.635. The van der Waals surface area contributed by atoms with E-state index in [-0.39, 0.29) is 23.7 Å². The molecule has 3 N–H and O–H groups in total. The summed E-state index contributed by atoms with van der Waals surface area (Å²) < 4.78 is 0. The van der Waals surface area contributed by atoms with Crippen LogP contribution < -0.4 is 5.32 Å². The highest BCUT2D eigenvalue weighted by Crippen LogP contribution is 2.45. The first-order valence-corrected chi connectivity index (χ1v) is 7.81. The molecule has 4 atom stereocenters. The molecule has 0 aromatic rings. The molecule has 0 spiro atoms. The third kappa shape index (κ3) is 2.27. The van der Waals surface area contributed by atoms with Gasteiger partial charge in [0.1, 0.15) is 5.70 Å². The molecule has 6 nitrogen and oxygen atoms in total. The van der Waals surface area contributed by atoms with Crippen molar-refractivity contribution in [3.63, 3.8) is 0 Å². The van der Waals surface area contributed by atoms with Gasteiger partial charge in [0, 0.05) is 6.04 Å². The summed E-state index contributed by atoms with van der Waals surface area (Å²) in [6, 6.07) is 0.0625. The molecule has 120 valence electrons. The second kappa shape index (κ2) is 5.52. The number of aliphatic hydroxyl groups is 1. The van der Waals surface area contributed by atoms with E-state index in [9.17, 15) is 19.8 Å². The van der Waals surface area contributed by atoms with Gasteiger partial charge >= 0.3 is 5.97 Å². The zero-order valence-electron chi connectivity index (χ0n) is 12.9. The second-order valence-corrected chi connectivity index (χ2v) is 6.43. The van der Waals surface area contributed by atoms with Gasteiger partial charge in [0.05, 0.1) is 18.1 Å². The first kappa shape index (κ1) is 15.2. The first-order chi connectivity index (χ1) is 10.4. The monoisotopic (exact) mass is 306 g/mol. The maximum Gasteiger partial charge on any atom is 0.352 e. The Morgan fingerprint density at radius 1 is 1.50 bits per heavy atom. The Kier molecular flexibility index (Phi) is 3.82. The third-order valence-corrected chi connectivity index (χ3v) is 4.96. The molecule has 22 heavy (non-hydrogen) atoms. The van der Waals surface area contributed by atoms with Crippen LogP contribution >= 0.6 is 0 Å². The normalized spacial score (nSPS) is 33.0. The molecule has 3 aliphatic heterocycles. The van der Waals surface area contributed by atoms with Gasteiger partial charge in [-0.05, 0) is 50.8 Å². The Morgan fingerprint density at radius 3 is 2.77 bits per heavy atom. The average molecular weight is 306 g/mol. The second-order valence-electron chi connectivity index (χ2n) is 6.43. The van der Waals surface area contributed by atoms with Crippen LogP contribution in [0.15, 0.2) is 22.9 Å². The molecule has 6 heteroatoms. The number of hydrogen-bond donors (Lipinski definition) is 3. The highest BCUT2D eigenvalue weighted by atomic mass is 16.4. The molecule has 3 aliphatic rings. The van der Waals surface area contributed by atoms with Crippen molar-refractivity contribution < 1.29 is 19.8 Å². The fourth-order valence-electron chi connectivity index (χ4n) is 3.88. The van der Waals surface area contributed by atoms with Gasteiger partial charge in [-0.3, -0.25) is 4.79 Å². The number of carboxylic acid groups (broad SMARTS) is 1. The summed E-state index contributed by atoms with van der Waals surface area (Å²) in [7, 11) is 0. The minimum Gasteiger partial charge on any atom is -0.477 e. The van der Waals surface area contributed by atoms with Gasteiger partial charge in [-0.15, -0.1) is 0 Å². The van der Waals surface area contributed by atoms with Gasteiger partial charge in [0.15, 0.2) is 0 Å². The number of nitrogens with zero attached hydrogens (tertiary/aromatic N) is 1. The van der Waals surface area contributed by atoms with E-state index in [0.717, 1.165) is 30.5 Å². The van der Waals surface area contributed by atoms with Crippen LogP contribution in [0.2, 0.25) is 0 Å². The lowest BCUT2D eigenvalue weighted by atomic mass is 9.82. The largest absolute Gasteiger partial charge is 0.477 e. The number of amides is 1. The Morgan fingerprint density at radius 2 is 2.23 bits per heavy atom.